The van der Waals surface area contributed by atoms with Crippen molar-refractivity contribution >= 4 is 15.9 Å². The van der Waals surface area contributed by atoms with Gasteiger partial charge in [-0.25, -0.2) is 0 Å². The smallest absolute Gasteiger partial charge is 0.127 e. The van der Waals surface area contributed by atoms with E-state index in [9.17, 15) is 0 Å². The van der Waals surface area contributed by atoms with E-state index in [0.29, 0.717) is 13.2 Å². The standard InChI is InChI=1S/C16H16BrNO3/c1-19-11-3-5-14(17)10(6-11)8-20-12-2-4-13-15(18)9-21-16(13)7-12/h2-7,15H,8-9,18H2,1H3. The fourth-order valence-electron chi connectivity index (χ4n) is 2.25. The highest BCUT2D eigenvalue weighted by atomic mass is 79.9. The summed E-state index contributed by atoms with van der Waals surface area (Å²) < 4.78 is 17.6. The van der Waals surface area contributed by atoms with Gasteiger partial charge in [0.2, 0.25) is 0 Å². The first kappa shape index (κ1) is 14.2. The molecule has 2 aromatic rings. The highest BCUT2D eigenvalue weighted by Crippen LogP contribution is 2.34. The molecule has 0 bridgehead atoms. The molecule has 4 nitrogen and oxygen atoms in total. The summed E-state index contributed by atoms with van der Waals surface area (Å²) in [5.41, 5.74) is 7.98. The van der Waals surface area contributed by atoms with Gasteiger partial charge < -0.3 is 19.9 Å². The van der Waals surface area contributed by atoms with Crippen molar-refractivity contribution in [1.82, 2.24) is 0 Å². The molecule has 3 rings (SSSR count). The minimum atomic E-state index is -0.0402. The Morgan fingerprint density at radius 1 is 1.24 bits per heavy atom. The first-order valence-corrected chi connectivity index (χ1v) is 7.44. The Balaban J connectivity index is 1.73. The van der Waals surface area contributed by atoms with Gasteiger partial charge in [0.25, 0.3) is 0 Å². The molecule has 110 valence electrons. The predicted molar refractivity (Wildman–Crippen MR) is 83.9 cm³/mol. The quantitative estimate of drug-likeness (QED) is 0.918. The van der Waals surface area contributed by atoms with E-state index in [0.717, 1.165) is 32.8 Å². The molecular weight excluding hydrogens is 334 g/mol. The Labute approximate surface area is 131 Å². The van der Waals surface area contributed by atoms with Crippen LogP contribution in [-0.4, -0.2) is 13.7 Å². The first-order chi connectivity index (χ1) is 10.2. The zero-order chi connectivity index (χ0) is 14.8. The summed E-state index contributed by atoms with van der Waals surface area (Å²) in [5, 5.41) is 0. The summed E-state index contributed by atoms with van der Waals surface area (Å²) in [6.07, 6.45) is 0. The number of hydrogen-bond acceptors (Lipinski definition) is 4. The summed E-state index contributed by atoms with van der Waals surface area (Å²) in [5.74, 6) is 2.38. The molecule has 0 spiro atoms. The number of nitrogens with two attached hydrogens (primary N) is 1. The van der Waals surface area contributed by atoms with Gasteiger partial charge in [-0.05, 0) is 30.3 Å². The second-order valence-electron chi connectivity index (χ2n) is 4.86. The fourth-order valence-corrected chi connectivity index (χ4v) is 2.62. The molecule has 21 heavy (non-hydrogen) atoms. The molecule has 1 aliphatic heterocycles. The van der Waals surface area contributed by atoms with E-state index >= 15 is 0 Å². The maximum absolute atomic E-state index is 5.93. The van der Waals surface area contributed by atoms with Crippen LogP contribution in [0.25, 0.3) is 0 Å². The highest BCUT2D eigenvalue weighted by molar-refractivity contribution is 9.10. The molecule has 0 radical (unpaired) electrons. The number of ether oxygens (including phenoxy) is 3. The van der Waals surface area contributed by atoms with Gasteiger partial charge in [0, 0.05) is 21.7 Å². The zero-order valence-electron chi connectivity index (χ0n) is 11.6. The average molecular weight is 350 g/mol. The normalized spacial score (nSPS) is 16.2. The Kier molecular flexibility index (Phi) is 4.03. The molecule has 0 fully saturated rings. The molecule has 2 aromatic carbocycles. The minimum absolute atomic E-state index is 0.0402. The molecular formula is C16H16BrNO3. The number of methoxy groups -OCH3 is 1. The highest BCUT2D eigenvalue weighted by Gasteiger charge is 2.20. The molecule has 1 heterocycles. The van der Waals surface area contributed by atoms with E-state index < -0.39 is 0 Å². The van der Waals surface area contributed by atoms with Crippen LogP contribution < -0.4 is 19.9 Å². The monoisotopic (exact) mass is 349 g/mol. The molecule has 1 unspecified atom stereocenters. The van der Waals surface area contributed by atoms with Gasteiger partial charge in [-0.3, -0.25) is 0 Å². The number of fused-ring (bicyclic) bond motifs is 1. The zero-order valence-corrected chi connectivity index (χ0v) is 13.2. The van der Waals surface area contributed by atoms with Crippen LogP contribution in [0.15, 0.2) is 40.9 Å². The van der Waals surface area contributed by atoms with Crippen LogP contribution >= 0.6 is 15.9 Å². The summed E-state index contributed by atoms with van der Waals surface area (Å²) in [7, 11) is 1.65. The molecule has 0 saturated carbocycles. The summed E-state index contributed by atoms with van der Waals surface area (Å²) in [6, 6.07) is 11.5. The van der Waals surface area contributed by atoms with Crippen molar-refractivity contribution in [2.45, 2.75) is 12.6 Å². The van der Waals surface area contributed by atoms with Crippen molar-refractivity contribution in [2.24, 2.45) is 5.73 Å². The third-order valence-electron chi connectivity index (χ3n) is 3.45. The van der Waals surface area contributed by atoms with Gasteiger partial charge in [-0.1, -0.05) is 15.9 Å². The molecule has 1 aliphatic rings. The Hall–Kier alpha value is -1.72. The van der Waals surface area contributed by atoms with Crippen LogP contribution in [0.4, 0.5) is 0 Å². The van der Waals surface area contributed by atoms with E-state index in [-0.39, 0.29) is 6.04 Å². The lowest BCUT2D eigenvalue weighted by molar-refractivity contribution is 0.299. The van der Waals surface area contributed by atoms with Crippen molar-refractivity contribution in [3.05, 3.63) is 52.0 Å². The molecule has 0 amide bonds. The second kappa shape index (κ2) is 5.95. The third-order valence-corrected chi connectivity index (χ3v) is 4.22. The lowest BCUT2D eigenvalue weighted by atomic mass is 10.1. The Morgan fingerprint density at radius 2 is 2.05 bits per heavy atom. The maximum Gasteiger partial charge on any atom is 0.127 e. The van der Waals surface area contributed by atoms with Crippen molar-refractivity contribution < 1.29 is 14.2 Å². The lowest BCUT2D eigenvalue weighted by Gasteiger charge is -2.10. The number of rotatable bonds is 4. The van der Waals surface area contributed by atoms with E-state index in [2.05, 4.69) is 15.9 Å². The van der Waals surface area contributed by atoms with E-state index in [1.54, 1.807) is 7.11 Å². The van der Waals surface area contributed by atoms with Gasteiger partial charge >= 0.3 is 0 Å². The molecule has 0 aromatic heterocycles. The van der Waals surface area contributed by atoms with Gasteiger partial charge in [0.05, 0.1) is 13.2 Å². The molecule has 0 saturated heterocycles. The van der Waals surface area contributed by atoms with Crippen molar-refractivity contribution in [2.75, 3.05) is 13.7 Å². The maximum atomic E-state index is 5.93. The van der Waals surface area contributed by atoms with Crippen LogP contribution in [0.3, 0.4) is 0 Å². The Bertz CT molecular complexity index is 660. The average Bonchev–Trinajstić information content (AvgIpc) is 2.87. The molecule has 1 atom stereocenters. The number of halogens is 1. The van der Waals surface area contributed by atoms with Gasteiger partial charge in [0.1, 0.15) is 30.5 Å². The summed E-state index contributed by atoms with van der Waals surface area (Å²) >= 11 is 3.51. The summed E-state index contributed by atoms with van der Waals surface area (Å²) in [6.45, 7) is 0.975. The number of hydrogen-bond donors (Lipinski definition) is 1. The van der Waals surface area contributed by atoms with E-state index in [1.165, 1.54) is 0 Å². The third kappa shape index (κ3) is 2.99. The van der Waals surface area contributed by atoms with Crippen molar-refractivity contribution in [1.29, 1.82) is 0 Å². The topological polar surface area (TPSA) is 53.7 Å². The fraction of sp³-hybridized carbons (Fsp3) is 0.250. The molecule has 2 N–H and O–H groups in total. The first-order valence-electron chi connectivity index (χ1n) is 6.65. The largest absolute Gasteiger partial charge is 0.497 e. The van der Waals surface area contributed by atoms with Crippen LogP contribution in [0, 0.1) is 0 Å². The molecule has 5 heteroatoms. The van der Waals surface area contributed by atoms with Crippen molar-refractivity contribution in [3.63, 3.8) is 0 Å². The minimum Gasteiger partial charge on any atom is -0.497 e. The van der Waals surface area contributed by atoms with Gasteiger partial charge in [0.15, 0.2) is 0 Å². The van der Waals surface area contributed by atoms with Crippen molar-refractivity contribution in [3.8, 4) is 17.2 Å². The van der Waals surface area contributed by atoms with Crippen LogP contribution in [0.2, 0.25) is 0 Å². The number of benzene rings is 2. The molecule has 0 aliphatic carbocycles. The Morgan fingerprint density at radius 3 is 2.86 bits per heavy atom. The summed E-state index contributed by atoms with van der Waals surface area (Å²) in [4.78, 5) is 0. The van der Waals surface area contributed by atoms with Crippen LogP contribution in [0.5, 0.6) is 17.2 Å². The van der Waals surface area contributed by atoms with E-state index in [4.69, 9.17) is 19.9 Å². The van der Waals surface area contributed by atoms with Gasteiger partial charge in [-0.2, -0.15) is 0 Å². The van der Waals surface area contributed by atoms with Crippen LogP contribution in [-0.2, 0) is 6.61 Å². The second-order valence-corrected chi connectivity index (χ2v) is 5.72. The van der Waals surface area contributed by atoms with Gasteiger partial charge in [-0.15, -0.1) is 0 Å². The lowest BCUT2D eigenvalue weighted by Crippen LogP contribution is -2.10. The predicted octanol–water partition coefficient (Wildman–Crippen LogP) is 3.43. The van der Waals surface area contributed by atoms with Crippen LogP contribution in [0.1, 0.15) is 17.2 Å². The van der Waals surface area contributed by atoms with E-state index in [1.807, 2.05) is 36.4 Å². The SMILES string of the molecule is COc1ccc(Br)c(COc2ccc3c(c2)OCC3N)c1.